The number of nitrogens with one attached hydrogen (secondary N) is 1. The van der Waals surface area contributed by atoms with Crippen molar-refractivity contribution in [2.24, 2.45) is 0 Å². The molecule has 2 N–H and O–H groups in total. The Morgan fingerprint density at radius 2 is 2.31 bits per heavy atom. The number of hydrogen-bond acceptors (Lipinski definition) is 4. The molecule has 4 nitrogen and oxygen atoms in total. The molecular formula is C11H14ClNO3. The number of methoxy groups -OCH3 is 1. The predicted molar refractivity (Wildman–Crippen MR) is 61.5 cm³/mol. The molecule has 0 aromatic heterocycles. The fourth-order valence-corrected chi connectivity index (χ4v) is 1.39. The van der Waals surface area contributed by atoms with Gasteiger partial charge in [0.15, 0.2) is 0 Å². The highest BCUT2D eigenvalue weighted by Crippen LogP contribution is 2.23. The number of rotatable bonds is 5. The van der Waals surface area contributed by atoms with Gasteiger partial charge in [-0.1, -0.05) is 17.7 Å². The molecule has 88 valence electrons. The first-order valence-electron chi connectivity index (χ1n) is 4.88. The van der Waals surface area contributed by atoms with Crippen molar-refractivity contribution in [2.75, 3.05) is 13.7 Å². The molecule has 0 spiro atoms. The number of phenolic OH excluding ortho intramolecular Hbond substituents is 1. The first kappa shape index (κ1) is 12.8. The highest BCUT2D eigenvalue weighted by Gasteiger charge is 2.01. The number of halogens is 1. The monoisotopic (exact) mass is 243 g/mol. The largest absolute Gasteiger partial charge is 0.506 e. The van der Waals surface area contributed by atoms with Crippen LogP contribution in [0, 0.1) is 0 Å². The van der Waals surface area contributed by atoms with Gasteiger partial charge in [0.25, 0.3) is 0 Å². The Morgan fingerprint density at radius 1 is 1.56 bits per heavy atom. The smallest absolute Gasteiger partial charge is 0.306 e. The van der Waals surface area contributed by atoms with E-state index in [1.165, 1.54) is 7.11 Å². The molecule has 0 fully saturated rings. The highest BCUT2D eigenvalue weighted by atomic mass is 35.5. The maximum absolute atomic E-state index is 10.8. The van der Waals surface area contributed by atoms with Crippen LogP contribution in [0.3, 0.4) is 0 Å². The molecule has 1 aromatic carbocycles. The summed E-state index contributed by atoms with van der Waals surface area (Å²) in [5.41, 5.74) is 0.952. The molecule has 0 bridgehead atoms. The number of carbonyl (C=O) groups is 1. The van der Waals surface area contributed by atoms with E-state index in [0.717, 1.165) is 5.56 Å². The summed E-state index contributed by atoms with van der Waals surface area (Å²) in [7, 11) is 1.36. The molecule has 0 atom stereocenters. The number of phenols is 1. The van der Waals surface area contributed by atoms with E-state index in [0.29, 0.717) is 24.5 Å². The molecule has 1 rings (SSSR count). The SMILES string of the molecule is COC(=O)CCNCc1ccc(O)c(Cl)c1. The zero-order valence-corrected chi connectivity index (χ0v) is 9.75. The van der Waals surface area contributed by atoms with Crippen LogP contribution in [0.2, 0.25) is 5.02 Å². The zero-order valence-electron chi connectivity index (χ0n) is 9.00. The quantitative estimate of drug-likeness (QED) is 0.611. The lowest BCUT2D eigenvalue weighted by molar-refractivity contribution is -0.140. The third kappa shape index (κ3) is 4.08. The summed E-state index contributed by atoms with van der Waals surface area (Å²) in [4.78, 5) is 10.8. The standard InChI is InChI=1S/C11H14ClNO3/c1-16-11(15)4-5-13-7-8-2-3-10(14)9(12)6-8/h2-3,6,13-14H,4-5,7H2,1H3. The van der Waals surface area contributed by atoms with Crippen LogP contribution in [0.15, 0.2) is 18.2 Å². The van der Waals surface area contributed by atoms with Gasteiger partial charge in [-0.05, 0) is 17.7 Å². The lowest BCUT2D eigenvalue weighted by Crippen LogP contribution is -2.18. The lowest BCUT2D eigenvalue weighted by atomic mass is 10.2. The summed E-state index contributed by atoms with van der Waals surface area (Å²) >= 11 is 5.75. The molecular weight excluding hydrogens is 230 g/mol. The van der Waals surface area contributed by atoms with Gasteiger partial charge in [0, 0.05) is 13.1 Å². The van der Waals surface area contributed by atoms with Crippen LogP contribution in [0.5, 0.6) is 5.75 Å². The van der Waals surface area contributed by atoms with Crippen LogP contribution in [0.1, 0.15) is 12.0 Å². The van der Waals surface area contributed by atoms with Gasteiger partial charge in [-0.3, -0.25) is 4.79 Å². The number of aromatic hydroxyl groups is 1. The van der Waals surface area contributed by atoms with E-state index in [-0.39, 0.29) is 11.7 Å². The van der Waals surface area contributed by atoms with E-state index in [4.69, 9.17) is 11.6 Å². The van der Waals surface area contributed by atoms with Gasteiger partial charge in [0.05, 0.1) is 18.6 Å². The van der Waals surface area contributed by atoms with Crippen molar-refractivity contribution in [3.05, 3.63) is 28.8 Å². The number of carbonyl (C=O) groups excluding carboxylic acids is 1. The fourth-order valence-electron chi connectivity index (χ4n) is 1.19. The van der Waals surface area contributed by atoms with E-state index < -0.39 is 0 Å². The van der Waals surface area contributed by atoms with Gasteiger partial charge in [-0.25, -0.2) is 0 Å². The van der Waals surface area contributed by atoms with Crippen LogP contribution >= 0.6 is 11.6 Å². The molecule has 1 aromatic rings. The molecule has 0 heterocycles. The maximum Gasteiger partial charge on any atom is 0.306 e. The van der Waals surface area contributed by atoms with Crippen LogP contribution < -0.4 is 5.32 Å². The van der Waals surface area contributed by atoms with E-state index in [1.54, 1.807) is 18.2 Å². The molecule has 5 heteroatoms. The van der Waals surface area contributed by atoms with E-state index in [9.17, 15) is 9.90 Å². The Bertz CT molecular complexity index is 368. The minimum Gasteiger partial charge on any atom is -0.506 e. The minimum atomic E-state index is -0.240. The molecule has 0 aliphatic rings. The summed E-state index contributed by atoms with van der Waals surface area (Å²) in [6.07, 6.45) is 0.336. The molecule has 0 aliphatic heterocycles. The van der Waals surface area contributed by atoms with Gasteiger partial charge in [-0.2, -0.15) is 0 Å². The summed E-state index contributed by atoms with van der Waals surface area (Å²) < 4.78 is 4.50. The molecule has 16 heavy (non-hydrogen) atoms. The maximum atomic E-state index is 10.8. The second kappa shape index (κ2) is 6.35. The van der Waals surface area contributed by atoms with E-state index in [2.05, 4.69) is 10.1 Å². The predicted octanol–water partition coefficient (Wildman–Crippen LogP) is 1.70. The van der Waals surface area contributed by atoms with Crippen LogP contribution in [-0.4, -0.2) is 24.7 Å². The average Bonchev–Trinajstić information content (AvgIpc) is 2.28. The molecule has 0 unspecified atom stereocenters. The highest BCUT2D eigenvalue weighted by molar-refractivity contribution is 6.32. The van der Waals surface area contributed by atoms with Crippen molar-refractivity contribution in [1.82, 2.24) is 5.32 Å². The van der Waals surface area contributed by atoms with Crippen LogP contribution in [-0.2, 0) is 16.1 Å². The Balaban J connectivity index is 2.32. The molecule has 0 amide bonds. The average molecular weight is 244 g/mol. The van der Waals surface area contributed by atoms with Crippen molar-refractivity contribution in [3.63, 3.8) is 0 Å². The van der Waals surface area contributed by atoms with Gasteiger partial charge in [-0.15, -0.1) is 0 Å². The first-order chi connectivity index (χ1) is 7.63. The van der Waals surface area contributed by atoms with Crippen molar-refractivity contribution < 1.29 is 14.6 Å². The number of hydrogen-bond donors (Lipinski definition) is 2. The third-order valence-electron chi connectivity index (χ3n) is 2.07. The Kier molecular flexibility index (Phi) is 5.08. The third-order valence-corrected chi connectivity index (χ3v) is 2.38. The molecule has 0 radical (unpaired) electrons. The Labute approximate surface area is 99.2 Å². The molecule has 0 saturated heterocycles. The second-order valence-corrected chi connectivity index (χ2v) is 3.70. The van der Waals surface area contributed by atoms with Crippen molar-refractivity contribution in [3.8, 4) is 5.75 Å². The van der Waals surface area contributed by atoms with Crippen molar-refractivity contribution in [1.29, 1.82) is 0 Å². The summed E-state index contributed by atoms with van der Waals surface area (Å²) in [6.45, 7) is 1.14. The zero-order chi connectivity index (χ0) is 12.0. The number of benzene rings is 1. The summed E-state index contributed by atoms with van der Waals surface area (Å²) in [5.74, 6) is -0.170. The van der Waals surface area contributed by atoms with E-state index in [1.807, 2.05) is 0 Å². The van der Waals surface area contributed by atoms with Gasteiger partial charge < -0.3 is 15.2 Å². The second-order valence-electron chi connectivity index (χ2n) is 3.29. The number of esters is 1. The van der Waals surface area contributed by atoms with Gasteiger partial charge >= 0.3 is 5.97 Å². The van der Waals surface area contributed by atoms with Gasteiger partial charge in [0.1, 0.15) is 5.75 Å². The fraction of sp³-hybridized carbons (Fsp3) is 0.364. The van der Waals surface area contributed by atoms with Crippen molar-refractivity contribution in [2.45, 2.75) is 13.0 Å². The number of ether oxygens (including phenoxy) is 1. The van der Waals surface area contributed by atoms with Crippen molar-refractivity contribution >= 4 is 17.6 Å². The summed E-state index contributed by atoms with van der Waals surface area (Å²) in [6, 6.07) is 4.99. The minimum absolute atomic E-state index is 0.0694. The lowest BCUT2D eigenvalue weighted by Gasteiger charge is -2.05. The topological polar surface area (TPSA) is 58.6 Å². The first-order valence-corrected chi connectivity index (χ1v) is 5.26. The van der Waals surface area contributed by atoms with Crippen LogP contribution in [0.4, 0.5) is 0 Å². The normalized spacial score (nSPS) is 10.1. The summed E-state index contributed by atoms with van der Waals surface area (Å²) in [5, 5.41) is 12.6. The molecule has 0 saturated carbocycles. The van der Waals surface area contributed by atoms with E-state index >= 15 is 0 Å². The van der Waals surface area contributed by atoms with Gasteiger partial charge in [0.2, 0.25) is 0 Å². The Morgan fingerprint density at radius 3 is 2.94 bits per heavy atom. The Hall–Kier alpha value is -1.26. The van der Waals surface area contributed by atoms with Crippen LogP contribution in [0.25, 0.3) is 0 Å². The molecule has 0 aliphatic carbocycles.